The molecule has 2 aromatic heterocycles. The lowest BCUT2D eigenvalue weighted by atomic mass is 10.1. The molecule has 3 rings (SSSR count). The number of pyridine rings is 1. The Hall–Kier alpha value is -1.50. The van der Waals surface area contributed by atoms with Crippen LogP contribution in [0.15, 0.2) is 29.9 Å². The summed E-state index contributed by atoms with van der Waals surface area (Å²) in [6, 6.07) is 4.26. The molecule has 3 heterocycles. The maximum atomic E-state index is 5.94. The quantitative estimate of drug-likeness (QED) is 0.813. The summed E-state index contributed by atoms with van der Waals surface area (Å²) >= 11 is 1.73. The molecule has 0 spiro atoms. The number of aryl methyl sites for hydroxylation is 1. The summed E-state index contributed by atoms with van der Waals surface area (Å²) in [5.41, 5.74) is 1.32. The Balaban J connectivity index is 1.50. The summed E-state index contributed by atoms with van der Waals surface area (Å²) in [5, 5.41) is 3.23. The van der Waals surface area contributed by atoms with Crippen molar-refractivity contribution in [1.29, 1.82) is 0 Å². The molecule has 1 aliphatic rings. The van der Waals surface area contributed by atoms with E-state index in [0.29, 0.717) is 6.10 Å². The maximum Gasteiger partial charge on any atom is 0.128 e. The number of aromatic nitrogens is 2. The standard InChI is InChI=1S/C17H24N4OS/c1-20(2)16-11-14(5-6-18-16)3-4-15-12-21(8-9-22-15)13-17-19-7-10-23-17/h5-7,10-11,15H,3-4,8-9,12-13H2,1-2H3. The Bertz CT molecular complexity index is 602. The molecule has 0 bridgehead atoms. The van der Waals surface area contributed by atoms with E-state index in [9.17, 15) is 0 Å². The van der Waals surface area contributed by atoms with Crippen LogP contribution in [-0.4, -0.2) is 54.8 Å². The van der Waals surface area contributed by atoms with Crippen molar-refractivity contribution in [2.75, 3.05) is 38.7 Å². The minimum Gasteiger partial charge on any atom is -0.376 e. The van der Waals surface area contributed by atoms with E-state index in [1.165, 1.54) is 10.6 Å². The number of morpholine rings is 1. The largest absolute Gasteiger partial charge is 0.376 e. The molecule has 0 aliphatic carbocycles. The average Bonchev–Trinajstić information content (AvgIpc) is 3.06. The number of hydrogen-bond acceptors (Lipinski definition) is 6. The van der Waals surface area contributed by atoms with Crippen molar-refractivity contribution >= 4 is 17.2 Å². The fourth-order valence-corrected chi connectivity index (χ4v) is 3.47. The SMILES string of the molecule is CN(C)c1cc(CCC2CN(Cc3nccs3)CCO2)ccn1. The summed E-state index contributed by atoms with van der Waals surface area (Å²) in [6.07, 6.45) is 6.15. The van der Waals surface area contributed by atoms with Crippen LogP contribution >= 0.6 is 11.3 Å². The highest BCUT2D eigenvalue weighted by atomic mass is 32.1. The van der Waals surface area contributed by atoms with E-state index in [4.69, 9.17) is 4.74 Å². The van der Waals surface area contributed by atoms with E-state index in [1.54, 1.807) is 11.3 Å². The molecule has 0 amide bonds. The van der Waals surface area contributed by atoms with Crippen LogP contribution in [-0.2, 0) is 17.7 Å². The summed E-state index contributed by atoms with van der Waals surface area (Å²) in [7, 11) is 4.04. The molecule has 0 radical (unpaired) electrons. The highest BCUT2D eigenvalue weighted by Gasteiger charge is 2.21. The Kier molecular flexibility index (Phi) is 5.59. The third-order valence-corrected chi connectivity index (χ3v) is 4.85. The minimum absolute atomic E-state index is 0.305. The first-order valence-electron chi connectivity index (χ1n) is 8.05. The van der Waals surface area contributed by atoms with Gasteiger partial charge in [-0.2, -0.15) is 0 Å². The molecular weight excluding hydrogens is 308 g/mol. The zero-order valence-electron chi connectivity index (χ0n) is 13.8. The molecule has 2 aromatic rings. The fourth-order valence-electron chi connectivity index (χ4n) is 2.81. The van der Waals surface area contributed by atoms with E-state index >= 15 is 0 Å². The summed E-state index contributed by atoms with van der Waals surface area (Å²) < 4.78 is 5.94. The van der Waals surface area contributed by atoms with Crippen molar-refractivity contribution < 1.29 is 4.74 Å². The molecule has 23 heavy (non-hydrogen) atoms. The Morgan fingerprint density at radius 2 is 2.26 bits per heavy atom. The van der Waals surface area contributed by atoms with Gasteiger partial charge in [-0.25, -0.2) is 9.97 Å². The number of thiazole rings is 1. The van der Waals surface area contributed by atoms with Gasteiger partial charge in [-0.3, -0.25) is 4.90 Å². The van der Waals surface area contributed by atoms with Crippen molar-refractivity contribution in [2.24, 2.45) is 0 Å². The second-order valence-electron chi connectivity index (χ2n) is 6.11. The van der Waals surface area contributed by atoms with Gasteiger partial charge in [0.1, 0.15) is 10.8 Å². The van der Waals surface area contributed by atoms with Crippen molar-refractivity contribution in [3.05, 3.63) is 40.5 Å². The molecule has 0 N–H and O–H groups in total. The Morgan fingerprint density at radius 1 is 1.35 bits per heavy atom. The second-order valence-corrected chi connectivity index (χ2v) is 7.09. The van der Waals surface area contributed by atoms with Crippen LogP contribution in [0.5, 0.6) is 0 Å². The average molecular weight is 332 g/mol. The summed E-state index contributed by atoms with van der Waals surface area (Å²) in [6.45, 7) is 3.74. The highest BCUT2D eigenvalue weighted by Crippen LogP contribution is 2.17. The lowest BCUT2D eigenvalue weighted by molar-refractivity contribution is -0.0345. The molecule has 1 aliphatic heterocycles. The highest BCUT2D eigenvalue weighted by molar-refractivity contribution is 7.09. The first kappa shape index (κ1) is 16.4. The topological polar surface area (TPSA) is 41.5 Å². The van der Waals surface area contributed by atoms with Gasteiger partial charge in [0.15, 0.2) is 0 Å². The van der Waals surface area contributed by atoms with Crippen LogP contribution in [0.2, 0.25) is 0 Å². The lowest BCUT2D eigenvalue weighted by Crippen LogP contribution is -2.42. The molecule has 6 heteroatoms. The lowest BCUT2D eigenvalue weighted by Gasteiger charge is -2.32. The van der Waals surface area contributed by atoms with Crippen molar-refractivity contribution in [2.45, 2.75) is 25.5 Å². The van der Waals surface area contributed by atoms with E-state index in [1.807, 2.05) is 36.8 Å². The number of rotatable bonds is 6. The molecule has 1 saturated heterocycles. The van der Waals surface area contributed by atoms with Gasteiger partial charge in [0.25, 0.3) is 0 Å². The molecule has 1 unspecified atom stereocenters. The van der Waals surface area contributed by atoms with Gasteiger partial charge in [-0.1, -0.05) is 0 Å². The van der Waals surface area contributed by atoms with Crippen LogP contribution in [0, 0.1) is 0 Å². The van der Waals surface area contributed by atoms with E-state index in [0.717, 1.165) is 44.9 Å². The molecule has 124 valence electrons. The number of anilines is 1. The zero-order chi connectivity index (χ0) is 16.1. The van der Waals surface area contributed by atoms with Crippen molar-refractivity contribution in [3.63, 3.8) is 0 Å². The second kappa shape index (κ2) is 7.86. The first-order chi connectivity index (χ1) is 11.2. The number of hydrogen-bond donors (Lipinski definition) is 0. The monoisotopic (exact) mass is 332 g/mol. The normalized spacial score (nSPS) is 19.0. The van der Waals surface area contributed by atoms with Crippen molar-refractivity contribution in [1.82, 2.24) is 14.9 Å². The Morgan fingerprint density at radius 3 is 3.04 bits per heavy atom. The zero-order valence-corrected chi connectivity index (χ0v) is 14.6. The number of nitrogens with zero attached hydrogens (tertiary/aromatic N) is 4. The van der Waals surface area contributed by atoms with E-state index < -0.39 is 0 Å². The van der Waals surface area contributed by atoms with Crippen LogP contribution in [0.1, 0.15) is 17.0 Å². The number of ether oxygens (including phenoxy) is 1. The first-order valence-corrected chi connectivity index (χ1v) is 8.93. The molecule has 1 atom stereocenters. The van der Waals surface area contributed by atoms with Gasteiger partial charge in [-0.05, 0) is 30.5 Å². The van der Waals surface area contributed by atoms with Gasteiger partial charge in [0.2, 0.25) is 0 Å². The summed E-state index contributed by atoms with van der Waals surface area (Å²) in [5.74, 6) is 1.01. The Labute approximate surface area is 141 Å². The van der Waals surface area contributed by atoms with Gasteiger partial charge in [-0.15, -0.1) is 11.3 Å². The summed E-state index contributed by atoms with van der Waals surface area (Å²) in [4.78, 5) is 13.2. The van der Waals surface area contributed by atoms with Gasteiger partial charge in [0.05, 0.1) is 19.3 Å². The molecule has 1 fully saturated rings. The van der Waals surface area contributed by atoms with E-state index in [-0.39, 0.29) is 0 Å². The van der Waals surface area contributed by atoms with Crippen LogP contribution in [0.4, 0.5) is 5.82 Å². The van der Waals surface area contributed by atoms with Crippen LogP contribution in [0.3, 0.4) is 0 Å². The van der Waals surface area contributed by atoms with E-state index in [2.05, 4.69) is 27.0 Å². The van der Waals surface area contributed by atoms with Gasteiger partial charge < -0.3 is 9.64 Å². The predicted molar refractivity (Wildman–Crippen MR) is 94.0 cm³/mol. The van der Waals surface area contributed by atoms with Crippen molar-refractivity contribution in [3.8, 4) is 0 Å². The maximum absolute atomic E-state index is 5.94. The van der Waals surface area contributed by atoms with Crippen LogP contribution < -0.4 is 4.90 Å². The minimum atomic E-state index is 0.305. The predicted octanol–water partition coefficient (Wildman–Crippen LogP) is 2.44. The fraction of sp³-hybridized carbons (Fsp3) is 0.529. The smallest absolute Gasteiger partial charge is 0.128 e. The molecule has 0 saturated carbocycles. The molecule has 5 nitrogen and oxygen atoms in total. The molecule has 0 aromatic carbocycles. The third kappa shape index (κ3) is 4.73. The van der Waals surface area contributed by atoms with Gasteiger partial charge >= 0.3 is 0 Å². The third-order valence-electron chi connectivity index (χ3n) is 4.09. The molecular formula is C17H24N4OS. The van der Waals surface area contributed by atoms with Gasteiger partial charge in [0, 0.05) is 45.0 Å². The van der Waals surface area contributed by atoms with Crippen LogP contribution in [0.25, 0.3) is 0 Å².